The third kappa shape index (κ3) is 3.83. The molecule has 1 spiro atoms. The summed E-state index contributed by atoms with van der Waals surface area (Å²) in [5.41, 5.74) is 1.86. The van der Waals surface area contributed by atoms with Gasteiger partial charge in [0, 0.05) is 46.0 Å². The van der Waals surface area contributed by atoms with Crippen molar-refractivity contribution in [3.63, 3.8) is 0 Å². The van der Waals surface area contributed by atoms with Gasteiger partial charge in [0.25, 0.3) is 0 Å². The topological polar surface area (TPSA) is 43.9 Å². The monoisotopic (exact) mass is 369 g/mol. The third-order valence-corrected chi connectivity index (χ3v) is 6.51. The predicted molar refractivity (Wildman–Crippen MR) is 107 cm³/mol. The van der Waals surface area contributed by atoms with E-state index in [0.29, 0.717) is 18.9 Å². The molecule has 0 N–H and O–H groups in total. The second-order valence-electron chi connectivity index (χ2n) is 8.88. The zero-order chi connectivity index (χ0) is 19.0. The van der Waals surface area contributed by atoms with Crippen LogP contribution in [0.2, 0.25) is 0 Å². The van der Waals surface area contributed by atoms with Crippen LogP contribution in [0.4, 0.5) is 5.69 Å². The number of piperidine rings is 1. The Morgan fingerprint density at radius 2 is 1.89 bits per heavy atom. The molecule has 1 unspecified atom stereocenters. The van der Waals surface area contributed by atoms with Gasteiger partial charge >= 0.3 is 0 Å². The zero-order valence-corrected chi connectivity index (χ0v) is 16.6. The van der Waals surface area contributed by atoms with Crippen LogP contribution < -0.4 is 4.90 Å². The summed E-state index contributed by atoms with van der Waals surface area (Å²) in [5.74, 6) is 1.19. The molecule has 1 aromatic carbocycles. The van der Waals surface area contributed by atoms with Crippen molar-refractivity contribution in [2.75, 3.05) is 45.2 Å². The van der Waals surface area contributed by atoms with E-state index in [9.17, 15) is 9.59 Å². The summed E-state index contributed by atoms with van der Waals surface area (Å²) < 4.78 is 0. The Balaban J connectivity index is 1.37. The highest BCUT2D eigenvalue weighted by molar-refractivity contribution is 5.86. The molecule has 1 aromatic rings. The molecule has 0 bridgehead atoms. The van der Waals surface area contributed by atoms with Gasteiger partial charge in [-0.1, -0.05) is 12.1 Å². The minimum absolute atomic E-state index is 0.150. The number of amides is 2. The first kappa shape index (κ1) is 18.3. The highest BCUT2D eigenvalue weighted by Gasteiger charge is 2.49. The summed E-state index contributed by atoms with van der Waals surface area (Å²) in [4.78, 5) is 32.0. The van der Waals surface area contributed by atoms with Crippen molar-refractivity contribution in [3.05, 3.63) is 29.8 Å². The number of carbonyl (C=O) groups is 2. The molecule has 2 amide bonds. The number of benzene rings is 1. The van der Waals surface area contributed by atoms with Crippen LogP contribution >= 0.6 is 0 Å². The molecular weight excluding hydrogens is 338 g/mol. The molecule has 27 heavy (non-hydrogen) atoms. The number of carbonyl (C=O) groups excluding carboxylic acids is 2. The molecule has 5 heteroatoms. The fourth-order valence-electron chi connectivity index (χ4n) is 4.60. The number of hydrogen-bond donors (Lipinski definition) is 0. The molecular formula is C22H31N3O2. The summed E-state index contributed by atoms with van der Waals surface area (Å²) in [5, 5.41) is 0. The molecule has 3 fully saturated rings. The number of likely N-dealkylation sites (tertiary alicyclic amines) is 2. The van der Waals surface area contributed by atoms with E-state index in [2.05, 4.69) is 21.9 Å². The Labute approximate surface area is 162 Å². The van der Waals surface area contributed by atoms with Crippen LogP contribution in [0.15, 0.2) is 24.3 Å². The first-order valence-corrected chi connectivity index (χ1v) is 10.3. The molecule has 0 radical (unpaired) electrons. The van der Waals surface area contributed by atoms with Crippen LogP contribution in [0, 0.1) is 11.3 Å². The first-order chi connectivity index (χ1) is 13.0. The van der Waals surface area contributed by atoms with E-state index in [1.807, 2.05) is 31.1 Å². The molecule has 1 saturated carbocycles. The number of nitrogens with zero attached hydrogens (tertiary/aromatic N) is 3. The van der Waals surface area contributed by atoms with Gasteiger partial charge < -0.3 is 14.7 Å². The van der Waals surface area contributed by atoms with Gasteiger partial charge in [0.05, 0.1) is 11.8 Å². The molecule has 1 atom stereocenters. The number of hydrogen-bond acceptors (Lipinski definition) is 3. The Morgan fingerprint density at radius 3 is 2.56 bits per heavy atom. The SMILES string of the molecule is CN(C)c1ccc(CC(=O)N2CCC3(CCCN(CC4CC4)C3=O)C2)cc1. The maximum Gasteiger partial charge on any atom is 0.230 e. The molecule has 3 aliphatic rings. The second-order valence-corrected chi connectivity index (χ2v) is 8.88. The lowest BCUT2D eigenvalue weighted by atomic mass is 9.78. The van der Waals surface area contributed by atoms with E-state index in [4.69, 9.17) is 0 Å². The Morgan fingerprint density at radius 1 is 1.15 bits per heavy atom. The van der Waals surface area contributed by atoms with Gasteiger partial charge in [0.1, 0.15) is 0 Å². The van der Waals surface area contributed by atoms with E-state index >= 15 is 0 Å². The fraction of sp³-hybridized carbons (Fsp3) is 0.636. The van der Waals surface area contributed by atoms with E-state index in [1.54, 1.807) is 0 Å². The third-order valence-electron chi connectivity index (χ3n) is 6.51. The normalized spacial score (nSPS) is 25.3. The van der Waals surface area contributed by atoms with Crippen LogP contribution in [-0.4, -0.2) is 61.9 Å². The Hall–Kier alpha value is -2.04. The van der Waals surface area contributed by atoms with Crippen LogP contribution in [0.1, 0.15) is 37.7 Å². The Bertz CT molecular complexity index is 711. The minimum atomic E-state index is -0.308. The van der Waals surface area contributed by atoms with Crippen molar-refractivity contribution in [2.45, 2.75) is 38.5 Å². The largest absolute Gasteiger partial charge is 0.378 e. The van der Waals surface area contributed by atoms with Crippen molar-refractivity contribution in [2.24, 2.45) is 11.3 Å². The first-order valence-electron chi connectivity index (χ1n) is 10.3. The van der Waals surface area contributed by atoms with Crippen LogP contribution in [-0.2, 0) is 16.0 Å². The van der Waals surface area contributed by atoms with Gasteiger partial charge in [-0.15, -0.1) is 0 Å². The zero-order valence-electron chi connectivity index (χ0n) is 16.6. The van der Waals surface area contributed by atoms with Crippen molar-refractivity contribution in [1.29, 1.82) is 0 Å². The van der Waals surface area contributed by atoms with Crippen molar-refractivity contribution in [1.82, 2.24) is 9.80 Å². The molecule has 0 aromatic heterocycles. The van der Waals surface area contributed by atoms with Gasteiger partial charge in [-0.3, -0.25) is 9.59 Å². The fourth-order valence-corrected chi connectivity index (χ4v) is 4.60. The summed E-state index contributed by atoms with van der Waals surface area (Å²) in [6.07, 6.45) is 5.81. The second kappa shape index (κ2) is 7.17. The van der Waals surface area contributed by atoms with Crippen molar-refractivity contribution < 1.29 is 9.59 Å². The quantitative estimate of drug-likeness (QED) is 0.801. The average molecular weight is 370 g/mol. The van der Waals surface area contributed by atoms with Crippen molar-refractivity contribution in [3.8, 4) is 0 Å². The molecule has 1 aliphatic carbocycles. The predicted octanol–water partition coefficient (Wildman–Crippen LogP) is 2.55. The lowest BCUT2D eigenvalue weighted by Crippen LogP contribution is -2.51. The molecule has 2 aliphatic heterocycles. The van der Waals surface area contributed by atoms with Crippen LogP contribution in [0.5, 0.6) is 0 Å². The van der Waals surface area contributed by atoms with E-state index in [0.717, 1.165) is 56.1 Å². The van der Waals surface area contributed by atoms with Gasteiger partial charge in [-0.2, -0.15) is 0 Å². The Kier molecular flexibility index (Phi) is 4.87. The summed E-state index contributed by atoms with van der Waals surface area (Å²) in [6, 6.07) is 8.16. The molecule has 146 valence electrons. The standard InChI is InChI=1S/C22H31N3O2/c1-23(2)19-8-6-17(7-9-19)14-20(26)25-13-11-22(16-25)10-3-12-24(21(22)27)15-18-4-5-18/h6-9,18H,3-5,10-16H2,1-2H3. The lowest BCUT2D eigenvalue weighted by Gasteiger charge is -2.39. The molecule has 2 heterocycles. The molecule has 2 saturated heterocycles. The maximum atomic E-state index is 13.1. The van der Waals surface area contributed by atoms with Gasteiger partial charge in [-0.05, 0) is 55.7 Å². The van der Waals surface area contributed by atoms with Crippen LogP contribution in [0.3, 0.4) is 0 Å². The van der Waals surface area contributed by atoms with Gasteiger partial charge in [0.2, 0.25) is 11.8 Å². The average Bonchev–Trinajstić information content (AvgIpc) is 3.37. The van der Waals surface area contributed by atoms with E-state index in [1.165, 1.54) is 12.8 Å². The van der Waals surface area contributed by atoms with Crippen molar-refractivity contribution >= 4 is 17.5 Å². The molecule has 4 rings (SSSR count). The molecule has 5 nitrogen and oxygen atoms in total. The summed E-state index contributed by atoms with van der Waals surface area (Å²) >= 11 is 0. The van der Waals surface area contributed by atoms with E-state index in [-0.39, 0.29) is 11.3 Å². The number of rotatable bonds is 5. The van der Waals surface area contributed by atoms with Gasteiger partial charge in [-0.25, -0.2) is 0 Å². The summed E-state index contributed by atoms with van der Waals surface area (Å²) in [6.45, 7) is 3.18. The van der Waals surface area contributed by atoms with Crippen LogP contribution in [0.25, 0.3) is 0 Å². The lowest BCUT2D eigenvalue weighted by molar-refractivity contribution is -0.146. The maximum absolute atomic E-state index is 13.1. The number of anilines is 1. The minimum Gasteiger partial charge on any atom is -0.378 e. The van der Waals surface area contributed by atoms with E-state index < -0.39 is 0 Å². The summed E-state index contributed by atoms with van der Waals surface area (Å²) in [7, 11) is 4.02. The van der Waals surface area contributed by atoms with Gasteiger partial charge in [0.15, 0.2) is 0 Å². The highest BCUT2D eigenvalue weighted by atomic mass is 16.2. The highest BCUT2D eigenvalue weighted by Crippen LogP contribution is 2.41. The smallest absolute Gasteiger partial charge is 0.230 e.